The average molecular weight is 232 g/mol. The van der Waals surface area contributed by atoms with E-state index in [2.05, 4.69) is 4.18 Å². The van der Waals surface area contributed by atoms with Crippen LogP contribution < -0.4 is 4.18 Å². The van der Waals surface area contributed by atoms with E-state index in [-0.39, 0.29) is 11.2 Å². The molecule has 1 aromatic carbocycles. The van der Waals surface area contributed by atoms with Crippen LogP contribution in [0.4, 0.5) is 3.89 Å². The summed E-state index contributed by atoms with van der Waals surface area (Å²) in [6, 6.07) is 6.27. The first kappa shape index (κ1) is 12.0. The number of benzene rings is 1. The molecule has 0 amide bonds. The van der Waals surface area contributed by atoms with Gasteiger partial charge >= 0.3 is 10.5 Å². The Morgan fingerprint density at radius 3 is 1.93 bits per heavy atom. The summed E-state index contributed by atoms with van der Waals surface area (Å²) >= 11 is 0. The van der Waals surface area contributed by atoms with Gasteiger partial charge in [0.05, 0.1) is 0 Å². The van der Waals surface area contributed by atoms with Gasteiger partial charge in [-0.1, -0.05) is 36.8 Å². The van der Waals surface area contributed by atoms with Crippen molar-refractivity contribution in [2.45, 2.75) is 26.2 Å². The van der Waals surface area contributed by atoms with Gasteiger partial charge in [-0.05, 0) is 23.1 Å². The SMILES string of the molecule is CC(C)(C)c1ccc(OS(=O)(=O)F)cc1. The lowest BCUT2D eigenvalue weighted by Gasteiger charge is -2.18. The second-order valence-electron chi connectivity index (χ2n) is 4.25. The Morgan fingerprint density at radius 2 is 1.60 bits per heavy atom. The summed E-state index contributed by atoms with van der Waals surface area (Å²) in [6.07, 6.45) is 0. The van der Waals surface area contributed by atoms with Gasteiger partial charge in [0.25, 0.3) is 0 Å². The van der Waals surface area contributed by atoms with E-state index in [1.165, 1.54) is 12.1 Å². The first-order chi connectivity index (χ1) is 6.68. The molecule has 5 heteroatoms. The van der Waals surface area contributed by atoms with Crippen LogP contribution in [0.2, 0.25) is 0 Å². The Kier molecular flexibility index (Phi) is 3.04. The van der Waals surface area contributed by atoms with Crippen molar-refractivity contribution in [2.75, 3.05) is 0 Å². The predicted molar refractivity (Wildman–Crippen MR) is 55.8 cm³/mol. The monoisotopic (exact) mass is 232 g/mol. The van der Waals surface area contributed by atoms with Crippen LogP contribution in [-0.2, 0) is 15.9 Å². The average Bonchev–Trinajstić information content (AvgIpc) is 2.00. The highest BCUT2D eigenvalue weighted by Gasteiger charge is 2.14. The molecule has 0 spiro atoms. The highest BCUT2D eigenvalue weighted by Crippen LogP contribution is 2.24. The van der Waals surface area contributed by atoms with Gasteiger partial charge in [-0.15, -0.1) is 0 Å². The lowest BCUT2D eigenvalue weighted by molar-refractivity contribution is 0.440. The number of halogens is 1. The summed E-state index contributed by atoms with van der Waals surface area (Å²) in [4.78, 5) is 0. The van der Waals surface area contributed by atoms with Crippen molar-refractivity contribution >= 4 is 10.5 Å². The van der Waals surface area contributed by atoms with Crippen LogP contribution in [0.25, 0.3) is 0 Å². The van der Waals surface area contributed by atoms with E-state index in [0.717, 1.165) is 5.56 Å². The fourth-order valence-corrected chi connectivity index (χ4v) is 1.47. The minimum atomic E-state index is -4.93. The number of hydrogen-bond donors (Lipinski definition) is 0. The Morgan fingerprint density at radius 1 is 1.13 bits per heavy atom. The zero-order chi connectivity index (χ0) is 11.7. The van der Waals surface area contributed by atoms with Crippen molar-refractivity contribution in [3.05, 3.63) is 29.8 Å². The van der Waals surface area contributed by atoms with Crippen molar-refractivity contribution in [3.63, 3.8) is 0 Å². The second kappa shape index (κ2) is 3.81. The molecule has 1 rings (SSSR count). The van der Waals surface area contributed by atoms with Gasteiger partial charge in [-0.2, -0.15) is 8.42 Å². The zero-order valence-electron chi connectivity index (χ0n) is 8.82. The Bertz CT molecular complexity index is 429. The molecule has 0 aliphatic rings. The largest absolute Gasteiger partial charge is 0.488 e. The zero-order valence-corrected chi connectivity index (χ0v) is 9.64. The Labute approximate surface area is 89.3 Å². The summed E-state index contributed by atoms with van der Waals surface area (Å²) < 4.78 is 36.6. The molecule has 3 nitrogen and oxygen atoms in total. The highest BCUT2D eigenvalue weighted by atomic mass is 32.3. The molecule has 0 aromatic heterocycles. The fourth-order valence-electron chi connectivity index (χ4n) is 1.13. The standard InChI is InChI=1S/C10H13FO3S/c1-10(2,3)8-4-6-9(7-5-8)14-15(11,12)13/h4-7H,1-3H3. The third kappa shape index (κ3) is 3.87. The van der Waals surface area contributed by atoms with Crippen molar-refractivity contribution in [1.29, 1.82) is 0 Å². The lowest BCUT2D eigenvalue weighted by Crippen LogP contribution is -2.10. The van der Waals surface area contributed by atoms with Crippen LogP contribution in [0.3, 0.4) is 0 Å². The van der Waals surface area contributed by atoms with Crippen molar-refractivity contribution in [3.8, 4) is 5.75 Å². The van der Waals surface area contributed by atoms with Gasteiger partial charge in [0.1, 0.15) is 5.75 Å². The number of hydrogen-bond acceptors (Lipinski definition) is 3. The molecular formula is C10H13FO3S. The van der Waals surface area contributed by atoms with Crippen molar-refractivity contribution < 1.29 is 16.5 Å². The van der Waals surface area contributed by atoms with E-state index in [1.54, 1.807) is 12.1 Å². The maximum absolute atomic E-state index is 12.2. The molecule has 0 saturated carbocycles. The van der Waals surface area contributed by atoms with Crippen molar-refractivity contribution in [1.82, 2.24) is 0 Å². The molecule has 0 fully saturated rings. The molecule has 0 unspecified atom stereocenters. The van der Waals surface area contributed by atoms with E-state index in [0.29, 0.717) is 0 Å². The van der Waals surface area contributed by atoms with Crippen LogP contribution in [0.15, 0.2) is 24.3 Å². The summed E-state index contributed by atoms with van der Waals surface area (Å²) in [5.74, 6) is -0.0227. The first-order valence-electron chi connectivity index (χ1n) is 4.43. The molecule has 1 aromatic rings. The molecule has 84 valence electrons. The minimum Gasteiger partial charge on any atom is -0.358 e. The molecule has 0 N–H and O–H groups in total. The first-order valence-corrected chi connectivity index (χ1v) is 5.74. The molecule has 0 heterocycles. The van der Waals surface area contributed by atoms with Gasteiger partial charge in [0.15, 0.2) is 0 Å². The molecule has 0 bridgehead atoms. The summed E-state index contributed by atoms with van der Waals surface area (Å²) in [7, 11) is -4.93. The van der Waals surface area contributed by atoms with Crippen LogP contribution in [0.5, 0.6) is 5.75 Å². The molecule has 0 radical (unpaired) electrons. The molecule has 0 aliphatic heterocycles. The Hall–Kier alpha value is -1.10. The third-order valence-corrected chi connectivity index (χ3v) is 2.31. The lowest BCUT2D eigenvalue weighted by atomic mass is 9.87. The molecule has 0 atom stereocenters. The quantitative estimate of drug-likeness (QED) is 0.736. The van der Waals surface area contributed by atoms with Gasteiger partial charge in [-0.3, -0.25) is 0 Å². The van der Waals surface area contributed by atoms with Crippen LogP contribution in [-0.4, -0.2) is 8.42 Å². The topological polar surface area (TPSA) is 43.4 Å². The molecule has 15 heavy (non-hydrogen) atoms. The Balaban J connectivity index is 2.91. The molecule has 0 aliphatic carbocycles. The maximum Gasteiger partial charge on any atom is 0.488 e. The van der Waals surface area contributed by atoms with Gasteiger partial charge in [-0.25, -0.2) is 0 Å². The maximum atomic E-state index is 12.2. The summed E-state index contributed by atoms with van der Waals surface area (Å²) in [5.41, 5.74) is 0.985. The molecule has 0 saturated heterocycles. The fraction of sp³-hybridized carbons (Fsp3) is 0.400. The third-order valence-electron chi connectivity index (χ3n) is 1.92. The van der Waals surface area contributed by atoms with Crippen LogP contribution in [0, 0.1) is 0 Å². The second-order valence-corrected chi connectivity index (χ2v) is 5.20. The van der Waals surface area contributed by atoms with E-state index < -0.39 is 10.5 Å². The van der Waals surface area contributed by atoms with Crippen LogP contribution in [0.1, 0.15) is 26.3 Å². The van der Waals surface area contributed by atoms with Crippen molar-refractivity contribution in [2.24, 2.45) is 0 Å². The molecular weight excluding hydrogens is 219 g/mol. The predicted octanol–water partition coefficient (Wildman–Crippen LogP) is 2.58. The normalized spacial score (nSPS) is 12.5. The number of rotatable bonds is 2. The minimum absolute atomic E-state index is 0.0227. The van der Waals surface area contributed by atoms with E-state index in [9.17, 15) is 12.3 Å². The van der Waals surface area contributed by atoms with Gasteiger partial charge in [0.2, 0.25) is 0 Å². The van der Waals surface area contributed by atoms with Gasteiger partial charge < -0.3 is 4.18 Å². The summed E-state index contributed by atoms with van der Waals surface area (Å²) in [5, 5.41) is 0. The van der Waals surface area contributed by atoms with Gasteiger partial charge in [0, 0.05) is 0 Å². The van der Waals surface area contributed by atoms with E-state index in [4.69, 9.17) is 0 Å². The van der Waals surface area contributed by atoms with E-state index in [1.807, 2.05) is 20.8 Å². The smallest absolute Gasteiger partial charge is 0.358 e. The van der Waals surface area contributed by atoms with E-state index >= 15 is 0 Å². The summed E-state index contributed by atoms with van der Waals surface area (Å²) in [6.45, 7) is 6.07. The van der Waals surface area contributed by atoms with Crippen LogP contribution >= 0.6 is 0 Å². The highest BCUT2D eigenvalue weighted by molar-refractivity contribution is 7.81.